The Kier molecular flexibility index (Phi) is 6.03. The molecule has 0 aromatic rings. The number of amides is 2. The lowest BCUT2D eigenvalue weighted by Crippen LogP contribution is -2.56. The normalized spacial score (nSPS) is 16.1. The molecule has 94 valence electrons. The minimum absolute atomic E-state index is 0.179. The molecule has 0 saturated carbocycles. The van der Waals surface area contributed by atoms with E-state index >= 15 is 0 Å². The second-order valence-corrected chi connectivity index (χ2v) is 4.26. The lowest BCUT2D eigenvalue weighted by Gasteiger charge is -2.24. The van der Waals surface area contributed by atoms with E-state index in [4.69, 9.17) is 5.73 Å². The lowest BCUT2D eigenvalue weighted by atomic mass is 9.99. The van der Waals surface area contributed by atoms with Crippen LogP contribution in [0.25, 0.3) is 0 Å². The molecule has 16 heavy (non-hydrogen) atoms. The Labute approximate surface area is 97.2 Å². The molecule has 0 fully saturated rings. The molecule has 0 radical (unpaired) electrons. The van der Waals surface area contributed by atoms with Crippen molar-refractivity contribution in [3.05, 3.63) is 0 Å². The Hall–Kier alpha value is -1.10. The van der Waals surface area contributed by atoms with Gasteiger partial charge in [-0.05, 0) is 26.7 Å². The van der Waals surface area contributed by atoms with Crippen molar-refractivity contribution in [1.29, 1.82) is 0 Å². The van der Waals surface area contributed by atoms with Gasteiger partial charge in [0.25, 0.3) is 0 Å². The van der Waals surface area contributed by atoms with E-state index < -0.39 is 11.6 Å². The van der Waals surface area contributed by atoms with Crippen molar-refractivity contribution in [1.82, 2.24) is 10.6 Å². The first-order valence-corrected chi connectivity index (χ1v) is 5.72. The summed E-state index contributed by atoms with van der Waals surface area (Å²) in [5, 5.41) is 5.32. The van der Waals surface area contributed by atoms with Gasteiger partial charge in [-0.3, -0.25) is 9.59 Å². The zero-order chi connectivity index (χ0) is 12.8. The van der Waals surface area contributed by atoms with Crippen molar-refractivity contribution >= 4 is 11.8 Å². The molecule has 0 aromatic heterocycles. The summed E-state index contributed by atoms with van der Waals surface area (Å²) in [6.07, 6.45) is 1.40. The predicted molar refractivity (Wildman–Crippen MR) is 63.8 cm³/mol. The average molecular weight is 229 g/mol. The van der Waals surface area contributed by atoms with Gasteiger partial charge in [-0.25, -0.2) is 0 Å². The summed E-state index contributed by atoms with van der Waals surface area (Å²) >= 11 is 0. The van der Waals surface area contributed by atoms with Crippen molar-refractivity contribution < 1.29 is 9.59 Å². The average Bonchev–Trinajstić information content (AvgIpc) is 2.25. The standard InChI is InChI=1S/C11H23N3O2/c1-5-7-13-9(15)8(3)14-10(16)11(4,12)6-2/h8H,5-7,12H2,1-4H3,(H,13,15)(H,14,16). The van der Waals surface area contributed by atoms with Gasteiger partial charge in [0, 0.05) is 6.54 Å². The molecule has 2 unspecified atom stereocenters. The fourth-order valence-electron chi connectivity index (χ4n) is 0.989. The molecule has 0 aliphatic heterocycles. The number of hydrogen-bond donors (Lipinski definition) is 3. The summed E-state index contributed by atoms with van der Waals surface area (Å²) in [7, 11) is 0. The van der Waals surface area contributed by atoms with Gasteiger partial charge in [0.2, 0.25) is 11.8 Å². The molecular weight excluding hydrogens is 206 g/mol. The van der Waals surface area contributed by atoms with Crippen LogP contribution in [0.5, 0.6) is 0 Å². The molecule has 0 aromatic carbocycles. The molecule has 2 amide bonds. The maximum Gasteiger partial charge on any atom is 0.242 e. The number of carbonyl (C=O) groups excluding carboxylic acids is 2. The number of hydrogen-bond acceptors (Lipinski definition) is 3. The predicted octanol–water partition coefficient (Wildman–Crippen LogP) is 0.145. The first kappa shape index (κ1) is 14.9. The zero-order valence-electron chi connectivity index (χ0n) is 10.6. The number of carbonyl (C=O) groups is 2. The van der Waals surface area contributed by atoms with E-state index in [-0.39, 0.29) is 11.8 Å². The van der Waals surface area contributed by atoms with Crippen molar-refractivity contribution in [3.8, 4) is 0 Å². The molecule has 0 aliphatic carbocycles. The van der Waals surface area contributed by atoms with Gasteiger partial charge < -0.3 is 16.4 Å². The van der Waals surface area contributed by atoms with Crippen molar-refractivity contribution in [3.63, 3.8) is 0 Å². The van der Waals surface area contributed by atoms with Crippen LogP contribution in [0.15, 0.2) is 0 Å². The van der Waals surface area contributed by atoms with E-state index in [2.05, 4.69) is 10.6 Å². The summed E-state index contributed by atoms with van der Waals surface area (Å²) in [6, 6.07) is -0.548. The molecule has 5 nitrogen and oxygen atoms in total. The van der Waals surface area contributed by atoms with Gasteiger partial charge in [-0.1, -0.05) is 13.8 Å². The van der Waals surface area contributed by atoms with Crippen LogP contribution >= 0.6 is 0 Å². The van der Waals surface area contributed by atoms with E-state index in [0.717, 1.165) is 6.42 Å². The molecule has 5 heteroatoms. The van der Waals surface area contributed by atoms with Crippen LogP contribution < -0.4 is 16.4 Å². The fourth-order valence-corrected chi connectivity index (χ4v) is 0.989. The van der Waals surface area contributed by atoms with Gasteiger partial charge in [-0.15, -0.1) is 0 Å². The van der Waals surface area contributed by atoms with Crippen LogP contribution in [-0.2, 0) is 9.59 Å². The second-order valence-electron chi connectivity index (χ2n) is 4.26. The van der Waals surface area contributed by atoms with Gasteiger partial charge in [0.15, 0.2) is 0 Å². The minimum atomic E-state index is -0.917. The van der Waals surface area contributed by atoms with Gasteiger partial charge in [0.1, 0.15) is 6.04 Å². The number of nitrogens with one attached hydrogen (secondary N) is 2. The Morgan fingerprint density at radius 3 is 2.38 bits per heavy atom. The van der Waals surface area contributed by atoms with Crippen LogP contribution in [0.3, 0.4) is 0 Å². The Bertz CT molecular complexity index is 252. The lowest BCUT2D eigenvalue weighted by molar-refractivity contribution is -0.131. The smallest absolute Gasteiger partial charge is 0.242 e. The van der Waals surface area contributed by atoms with Gasteiger partial charge >= 0.3 is 0 Å². The monoisotopic (exact) mass is 229 g/mol. The first-order valence-electron chi connectivity index (χ1n) is 5.72. The highest BCUT2D eigenvalue weighted by molar-refractivity contribution is 5.91. The molecule has 0 heterocycles. The molecule has 0 bridgehead atoms. The Morgan fingerprint density at radius 2 is 1.94 bits per heavy atom. The summed E-state index contributed by atoms with van der Waals surface area (Å²) in [6.45, 7) is 7.72. The van der Waals surface area contributed by atoms with E-state index in [1.165, 1.54) is 0 Å². The zero-order valence-corrected chi connectivity index (χ0v) is 10.6. The third-order valence-electron chi connectivity index (χ3n) is 2.54. The molecule has 0 spiro atoms. The molecular formula is C11H23N3O2. The van der Waals surface area contributed by atoms with Crippen molar-refractivity contribution in [2.75, 3.05) is 6.54 Å². The Balaban J connectivity index is 4.19. The highest BCUT2D eigenvalue weighted by Gasteiger charge is 2.28. The summed E-state index contributed by atoms with van der Waals surface area (Å²) < 4.78 is 0. The highest BCUT2D eigenvalue weighted by Crippen LogP contribution is 2.04. The molecule has 0 rings (SSSR count). The van der Waals surface area contributed by atoms with E-state index in [9.17, 15) is 9.59 Å². The van der Waals surface area contributed by atoms with Crippen LogP contribution in [-0.4, -0.2) is 29.9 Å². The third-order valence-corrected chi connectivity index (χ3v) is 2.54. The second kappa shape index (κ2) is 6.48. The van der Waals surface area contributed by atoms with Crippen molar-refractivity contribution in [2.24, 2.45) is 5.73 Å². The van der Waals surface area contributed by atoms with Crippen molar-refractivity contribution in [2.45, 2.75) is 52.1 Å². The third kappa shape index (κ3) is 4.61. The first-order chi connectivity index (χ1) is 7.35. The van der Waals surface area contributed by atoms with Crippen LogP contribution in [0.1, 0.15) is 40.5 Å². The van der Waals surface area contributed by atoms with E-state index in [1.807, 2.05) is 13.8 Å². The topological polar surface area (TPSA) is 84.2 Å². The molecule has 0 aliphatic rings. The minimum Gasteiger partial charge on any atom is -0.354 e. The maximum atomic E-state index is 11.7. The van der Waals surface area contributed by atoms with Crippen LogP contribution in [0.4, 0.5) is 0 Å². The highest BCUT2D eigenvalue weighted by atomic mass is 16.2. The number of rotatable bonds is 6. The molecule has 4 N–H and O–H groups in total. The quantitative estimate of drug-likeness (QED) is 0.606. The molecule has 2 atom stereocenters. The maximum absolute atomic E-state index is 11.7. The van der Waals surface area contributed by atoms with Crippen LogP contribution in [0, 0.1) is 0 Å². The van der Waals surface area contributed by atoms with Crippen LogP contribution in [0.2, 0.25) is 0 Å². The fraction of sp³-hybridized carbons (Fsp3) is 0.818. The summed E-state index contributed by atoms with van der Waals surface area (Å²) in [5.41, 5.74) is 4.85. The van der Waals surface area contributed by atoms with Gasteiger partial charge in [0.05, 0.1) is 5.54 Å². The van der Waals surface area contributed by atoms with Gasteiger partial charge in [-0.2, -0.15) is 0 Å². The largest absolute Gasteiger partial charge is 0.354 e. The SMILES string of the molecule is CCCNC(=O)C(C)NC(=O)C(C)(N)CC. The summed E-state index contributed by atoms with van der Waals surface area (Å²) in [4.78, 5) is 23.2. The number of nitrogens with two attached hydrogens (primary N) is 1. The van der Waals surface area contributed by atoms with E-state index in [1.54, 1.807) is 13.8 Å². The summed E-state index contributed by atoms with van der Waals surface area (Å²) in [5.74, 6) is -0.476. The Morgan fingerprint density at radius 1 is 1.38 bits per heavy atom. The molecule has 0 saturated heterocycles. The van der Waals surface area contributed by atoms with E-state index in [0.29, 0.717) is 13.0 Å².